The van der Waals surface area contributed by atoms with Gasteiger partial charge in [0.15, 0.2) is 5.75 Å². The van der Waals surface area contributed by atoms with Gasteiger partial charge in [0, 0.05) is 12.1 Å². The summed E-state index contributed by atoms with van der Waals surface area (Å²) in [6.45, 7) is 2.48. The highest BCUT2D eigenvalue weighted by Gasteiger charge is 2.29. The number of ether oxygens (including phenoxy) is 1. The molecule has 0 amide bonds. The van der Waals surface area contributed by atoms with Crippen molar-refractivity contribution in [2.45, 2.75) is 13.8 Å². The van der Waals surface area contributed by atoms with Crippen molar-refractivity contribution in [3.63, 3.8) is 0 Å². The van der Waals surface area contributed by atoms with Crippen LogP contribution in [0.4, 0.5) is 10.1 Å². The Kier molecular flexibility index (Phi) is 4.46. The molecule has 1 N–H and O–H groups in total. The van der Waals surface area contributed by atoms with Gasteiger partial charge in [-0.2, -0.15) is 0 Å². The molecule has 19 heavy (non-hydrogen) atoms. The van der Waals surface area contributed by atoms with Crippen molar-refractivity contribution in [1.29, 1.82) is 0 Å². The van der Waals surface area contributed by atoms with Gasteiger partial charge in [0.1, 0.15) is 12.4 Å². The van der Waals surface area contributed by atoms with Crippen LogP contribution in [-0.4, -0.2) is 22.6 Å². The standard InChI is InChI=1S/C11H11BrFNO5/c1-11(2,10(15)16)5-19-9-4-7(13)6(12)3-8(9)14(17)18/h3-4H,5H2,1-2H3,(H,15,16). The highest BCUT2D eigenvalue weighted by atomic mass is 79.9. The van der Waals surface area contributed by atoms with Gasteiger partial charge in [0.05, 0.1) is 14.8 Å². The van der Waals surface area contributed by atoms with E-state index in [4.69, 9.17) is 9.84 Å². The van der Waals surface area contributed by atoms with E-state index in [2.05, 4.69) is 15.9 Å². The van der Waals surface area contributed by atoms with Gasteiger partial charge in [0.25, 0.3) is 0 Å². The Labute approximate surface area is 116 Å². The molecule has 0 unspecified atom stereocenters. The first kappa shape index (κ1) is 15.4. The van der Waals surface area contributed by atoms with Crippen LogP contribution in [0.1, 0.15) is 13.8 Å². The highest BCUT2D eigenvalue weighted by molar-refractivity contribution is 9.10. The molecule has 0 aliphatic heterocycles. The number of rotatable bonds is 5. The third-order valence-electron chi connectivity index (χ3n) is 2.37. The summed E-state index contributed by atoms with van der Waals surface area (Å²) in [5.74, 6) is -2.15. The quantitative estimate of drug-likeness (QED) is 0.659. The van der Waals surface area contributed by atoms with Crippen molar-refractivity contribution in [1.82, 2.24) is 0 Å². The van der Waals surface area contributed by atoms with E-state index in [0.717, 1.165) is 12.1 Å². The summed E-state index contributed by atoms with van der Waals surface area (Å²) in [7, 11) is 0. The van der Waals surface area contributed by atoms with E-state index in [1.807, 2.05) is 0 Å². The van der Waals surface area contributed by atoms with Crippen molar-refractivity contribution < 1.29 is 24.0 Å². The topological polar surface area (TPSA) is 89.7 Å². The fraction of sp³-hybridized carbons (Fsp3) is 0.364. The van der Waals surface area contributed by atoms with E-state index >= 15 is 0 Å². The molecule has 8 heteroatoms. The summed E-state index contributed by atoms with van der Waals surface area (Å²) in [6.07, 6.45) is 0. The molecule has 1 rings (SSSR count). The van der Waals surface area contributed by atoms with Gasteiger partial charge < -0.3 is 9.84 Å². The molecule has 104 valence electrons. The van der Waals surface area contributed by atoms with E-state index in [0.29, 0.717) is 0 Å². The Morgan fingerprint density at radius 1 is 1.58 bits per heavy atom. The van der Waals surface area contributed by atoms with Gasteiger partial charge in [-0.3, -0.25) is 14.9 Å². The predicted molar refractivity (Wildman–Crippen MR) is 67.7 cm³/mol. The molecular weight excluding hydrogens is 325 g/mol. The molecule has 0 aliphatic carbocycles. The molecule has 6 nitrogen and oxygen atoms in total. The maximum Gasteiger partial charge on any atom is 0.312 e. The number of hydrogen-bond donors (Lipinski definition) is 1. The van der Waals surface area contributed by atoms with Gasteiger partial charge >= 0.3 is 11.7 Å². The first-order chi connectivity index (χ1) is 8.65. The molecule has 0 fully saturated rings. The summed E-state index contributed by atoms with van der Waals surface area (Å²) >= 11 is 2.83. The lowest BCUT2D eigenvalue weighted by atomic mass is 9.95. The number of nitro benzene ring substituents is 1. The summed E-state index contributed by atoms with van der Waals surface area (Å²) in [6, 6.07) is 1.82. The first-order valence-corrected chi connectivity index (χ1v) is 5.94. The third kappa shape index (κ3) is 3.63. The Morgan fingerprint density at radius 3 is 2.63 bits per heavy atom. The monoisotopic (exact) mass is 335 g/mol. The van der Waals surface area contributed by atoms with Gasteiger partial charge in [-0.1, -0.05) is 0 Å². The number of benzene rings is 1. The zero-order valence-corrected chi connectivity index (χ0v) is 11.7. The summed E-state index contributed by atoms with van der Waals surface area (Å²) in [4.78, 5) is 21.0. The number of hydrogen-bond acceptors (Lipinski definition) is 4. The number of nitrogens with zero attached hydrogens (tertiary/aromatic N) is 1. The van der Waals surface area contributed by atoms with Crippen LogP contribution >= 0.6 is 15.9 Å². The maximum atomic E-state index is 13.3. The smallest absolute Gasteiger partial charge is 0.312 e. The van der Waals surface area contributed by atoms with Gasteiger partial charge in [0.2, 0.25) is 0 Å². The molecule has 0 spiro atoms. The molecule has 0 aliphatic rings. The lowest BCUT2D eigenvalue weighted by Crippen LogP contribution is -2.30. The fourth-order valence-electron chi connectivity index (χ4n) is 1.10. The molecule has 0 saturated carbocycles. The second-order valence-corrected chi connectivity index (χ2v) is 5.32. The van der Waals surface area contributed by atoms with E-state index < -0.39 is 27.8 Å². The van der Waals surface area contributed by atoms with Gasteiger partial charge in [-0.15, -0.1) is 0 Å². The minimum atomic E-state index is -1.24. The Bertz CT molecular complexity index is 532. The molecule has 0 radical (unpaired) electrons. The number of halogens is 2. The molecule has 0 heterocycles. The largest absolute Gasteiger partial charge is 0.486 e. The molecule has 1 aromatic carbocycles. The first-order valence-electron chi connectivity index (χ1n) is 5.15. The summed E-state index contributed by atoms with van der Waals surface area (Å²) < 4.78 is 18.3. The fourth-order valence-corrected chi connectivity index (χ4v) is 1.43. The second-order valence-electron chi connectivity index (χ2n) is 4.47. The average Bonchev–Trinajstić information content (AvgIpc) is 2.29. The Hall–Kier alpha value is -1.70. The normalized spacial score (nSPS) is 11.2. The van der Waals surface area contributed by atoms with Crippen molar-refractivity contribution >= 4 is 27.6 Å². The van der Waals surface area contributed by atoms with Gasteiger partial charge in [-0.25, -0.2) is 4.39 Å². The van der Waals surface area contributed by atoms with Crippen LogP contribution in [0.25, 0.3) is 0 Å². The van der Waals surface area contributed by atoms with Crippen LogP contribution in [-0.2, 0) is 4.79 Å². The highest BCUT2D eigenvalue weighted by Crippen LogP contribution is 2.33. The molecule has 0 bridgehead atoms. The Morgan fingerprint density at radius 2 is 2.16 bits per heavy atom. The molecule has 0 atom stereocenters. The lowest BCUT2D eigenvalue weighted by molar-refractivity contribution is -0.386. The van der Waals surface area contributed by atoms with Crippen molar-refractivity contribution in [3.05, 3.63) is 32.5 Å². The third-order valence-corrected chi connectivity index (χ3v) is 2.97. The molecule has 0 saturated heterocycles. The average molecular weight is 336 g/mol. The lowest BCUT2D eigenvalue weighted by Gasteiger charge is -2.19. The minimum absolute atomic E-state index is 0.0657. The van der Waals surface area contributed by atoms with Crippen LogP contribution in [0, 0.1) is 21.3 Å². The van der Waals surface area contributed by atoms with Crippen LogP contribution < -0.4 is 4.74 Å². The number of carboxylic acids is 1. The zero-order valence-electron chi connectivity index (χ0n) is 10.1. The van der Waals surface area contributed by atoms with E-state index in [1.54, 1.807) is 0 Å². The van der Waals surface area contributed by atoms with Crippen molar-refractivity contribution in [3.8, 4) is 5.75 Å². The van der Waals surface area contributed by atoms with E-state index in [9.17, 15) is 19.3 Å². The van der Waals surface area contributed by atoms with E-state index in [-0.39, 0.29) is 16.8 Å². The summed E-state index contributed by atoms with van der Waals surface area (Å²) in [5, 5.41) is 19.7. The maximum absolute atomic E-state index is 13.3. The number of carbonyl (C=O) groups is 1. The molecule has 1 aromatic rings. The minimum Gasteiger partial charge on any atom is -0.486 e. The van der Waals surface area contributed by atoms with Crippen LogP contribution in [0.2, 0.25) is 0 Å². The SMILES string of the molecule is CC(C)(COc1cc(F)c(Br)cc1[N+](=O)[O-])C(=O)O. The van der Waals surface area contributed by atoms with E-state index in [1.165, 1.54) is 13.8 Å². The Balaban J connectivity index is 3.04. The number of nitro groups is 1. The number of carboxylic acid groups (broad SMARTS) is 1. The van der Waals surface area contributed by atoms with Crippen LogP contribution in [0.15, 0.2) is 16.6 Å². The second kappa shape index (κ2) is 5.52. The predicted octanol–water partition coefficient (Wildman–Crippen LogP) is 2.99. The van der Waals surface area contributed by atoms with Crippen LogP contribution in [0.5, 0.6) is 5.75 Å². The molecule has 0 aromatic heterocycles. The number of aliphatic carboxylic acids is 1. The summed E-state index contributed by atoms with van der Waals surface area (Å²) in [5.41, 5.74) is -1.67. The molecular formula is C11H11BrFNO5. The van der Waals surface area contributed by atoms with Crippen molar-refractivity contribution in [2.75, 3.05) is 6.61 Å². The van der Waals surface area contributed by atoms with Crippen LogP contribution in [0.3, 0.4) is 0 Å². The van der Waals surface area contributed by atoms with Gasteiger partial charge in [-0.05, 0) is 29.8 Å². The van der Waals surface area contributed by atoms with Crippen molar-refractivity contribution in [2.24, 2.45) is 5.41 Å². The zero-order chi connectivity index (χ0) is 14.8.